The summed E-state index contributed by atoms with van der Waals surface area (Å²) in [5.74, 6) is 0.0210. The number of hydrogen-bond donors (Lipinski definition) is 2. The highest BCUT2D eigenvalue weighted by Crippen LogP contribution is 2.36. The molecule has 1 unspecified atom stereocenters. The molecule has 3 heterocycles. The van der Waals surface area contributed by atoms with E-state index in [1.807, 2.05) is 11.5 Å². The number of carbonyl (C=O) groups excluding carboxylic acids is 2. The summed E-state index contributed by atoms with van der Waals surface area (Å²) in [6.45, 7) is 3.93. The maximum atomic E-state index is 13.3. The van der Waals surface area contributed by atoms with E-state index >= 15 is 0 Å². The van der Waals surface area contributed by atoms with Gasteiger partial charge in [0.2, 0.25) is 5.91 Å². The van der Waals surface area contributed by atoms with Crippen LogP contribution in [0.2, 0.25) is 0 Å². The molecule has 0 saturated carbocycles. The van der Waals surface area contributed by atoms with Gasteiger partial charge in [0.15, 0.2) is 16.6 Å². The largest absolute Gasteiger partial charge is 0.465 e. The van der Waals surface area contributed by atoms with Gasteiger partial charge in [0, 0.05) is 25.7 Å². The monoisotopic (exact) mass is 487 g/mol. The summed E-state index contributed by atoms with van der Waals surface area (Å²) in [6, 6.07) is 4.82. The first-order valence-electron chi connectivity index (χ1n) is 10.4. The molecule has 178 valence electrons. The van der Waals surface area contributed by atoms with Gasteiger partial charge in [-0.25, -0.2) is 19.2 Å². The zero-order valence-electron chi connectivity index (χ0n) is 18.6. The van der Waals surface area contributed by atoms with Crippen LogP contribution in [0.15, 0.2) is 24.3 Å². The summed E-state index contributed by atoms with van der Waals surface area (Å²) >= 11 is 1.17. The third-order valence-electron chi connectivity index (χ3n) is 5.47. The number of aryl methyl sites for hydroxylation is 1. The van der Waals surface area contributed by atoms with Crippen molar-refractivity contribution in [3.05, 3.63) is 47.2 Å². The summed E-state index contributed by atoms with van der Waals surface area (Å²) in [4.78, 5) is 48.2. The Kier molecular flexibility index (Phi) is 6.28. The zero-order chi connectivity index (χ0) is 24.6. The first-order chi connectivity index (χ1) is 16.2. The number of hydrogen-bond acceptors (Lipinski definition) is 7. The van der Waals surface area contributed by atoms with Gasteiger partial charge >= 0.3 is 6.09 Å². The molecular formula is C21H22FN7O4S. The molecule has 13 heteroatoms. The van der Waals surface area contributed by atoms with E-state index in [1.165, 1.54) is 42.8 Å². The van der Waals surface area contributed by atoms with Crippen LogP contribution >= 0.6 is 11.5 Å². The van der Waals surface area contributed by atoms with E-state index in [0.717, 1.165) is 4.90 Å². The smallest absolute Gasteiger partial charge is 0.407 e. The van der Waals surface area contributed by atoms with Crippen LogP contribution in [0.25, 0.3) is 10.8 Å². The molecular weight excluding hydrogens is 465 g/mol. The Morgan fingerprint density at radius 2 is 1.94 bits per heavy atom. The molecule has 1 aliphatic rings. The predicted octanol–water partition coefficient (Wildman–Crippen LogP) is 2.61. The molecule has 3 aromatic rings. The van der Waals surface area contributed by atoms with Crippen LogP contribution in [0.5, 0.6) is 0 Å². The predicted molar refractivity (Wildman–Crippen MR) is 121 cm³/mol. The first kappa shape index (κ1) is 23.3. The van der Waals surface area contributed by atoms with Crippen molar-refractivity contribution in [3.63, 3.8) is 0 Å². The van der Waals surface area contributed by atoms with Crippen molar-refractivity contribution in [2.45, 2.75) is 26.4 Å². The molecule has 0 spiro atoms. The van der Waals surface area contributed by atoms with Crippen molar-refractivity contribution < 1.29 is 23.9 Å². The van der Waals surface area contributed by atoms with Crippen LogP contribution in [0.1, 0.15) is 34.8 Å². The number of benzene rings is 1. The number of anilines is 1. The molecule has 2 N–H and O–H groups in total. The van der Waals surface area contributed by atoms with E-state index in [4.69, 9.17) is 5.11 Å². The Labute approximate surface area is 198 Å². The second-order valence-electron chi connectivity index (χ2n) is 7.84. The van der Waals surface area contributed by atoms with Crippen LogP contribution in [-0.4, -0.2) is 71.9 Å². The molecule has 0 bridgehead atoms. The Morgan fingerprint density at radius 1 is 1.24 bits per heavy atom. The highest BCUT2D eigenvalue weighted by molar-refractivity contribution is 7.09. The van der Waals surface area contributed by atoms with Gasteiger partial charge in [0.05, 0.1) is 11.7 Å². The van der Waals surface area contributed by atoms with Crippen molar-refractivity contribution >= 4 is 35.3 Å². The molecule has 0 aliphatic carbocycles. The van der Waals surface area contributed by atoms with Gasteiger partial charge in [-0.15, -0.1) is 0 Å². The Hall–Kier alpha value is -3.87. The van der Waals surface area contributed by atoms with Crippen LogP contribution < -0.4 is 5.32 Å². The van der Waals surface area contributed by atoms with Gasteiger partial charge in [0.25, 0.3) is 5.91 Å². The van der Waals surface area contributed by atoms with Gasteiger partial charge in [0.1, 0.15) is 18.2 Å². The molecule has 1 aliphatic heterocycles. The number of amides is 3. The minimum absolute atomic E-state index is 0.218. The van der Waals surface area contributed by atoms with E-state index in [2.05, 4.69) is 19.7 Å². The van der Waals surface area contributed by atoms with Crippen LogP contribution in [0.3, 0.4) is 0 Å². The third-order valence-corrected chi connectivity index (χ3v) is 6.27. The number of halogens is 1. The normalized spacial score (nSPS) is 15.1. The number of likely N-dealkylation sites (N-methyl/N-ethyl adjacent to an activating group) is 1. The highest BCUT2D eigenvalue weighted by Gasteiger charge is 2.35. The van der Waals surface area contributed by atoms with E-state index in [1.54, 1.807) is 11.8 Å². The summed E-state index contributed by atoms with van der Waals surface area (Å²) in [6.07, 6.45) is -1.24. The molecule has 2 aromatic heterocycles. The second kappa shape index (κ2) is 9.17. The van der Waals surface area contributed by atoms with Crippen LogP contribution in [0, 0.1) is 12.7 Å². The van der Waals surface area contributed by atoms with Gasteiger partial charge in [-0.3, -0.25) is 9.59 Å². The van der Waals surface area contributed by atoms with Crippen molar-refractivity contribution in [3.8, 4) is 10.8 Å². The van der Waals surface area contributed by atoms with Crippen molar-refractivity contribution in [1.82, 2.24) is 28.7 Å². The molecule has 3 amide bonds. The SMILES string of the molecule is Cc1nsc(-c2nc(NC(=O)CN(C)C(=O)O)c3n2CCN(C(=O)c2ccc(F)cc2)C3C)n1. The molecule has 11 nitrogen and oxygen atoms in total. The van der Waals surface area contributed by atoms with Gasteiger partial charge < -0.3 is 24.8 Å². The number of carboxylic acid groups (broad SMARTS) is 1. The summed E-state index contributed by atoms with van der Waals surface area (Å²) in [7, 11) is 1.28. The lowest BCUT2D eigenvalue weighted by Gasteiger charge is -2.35. The fourth-order valence-corrected chi connectivity index (χ4v) is 4.47. The van der Waals surface area contributed by atoms with E-state index in [-0.39, 0.29) is 18.3 Å². The summed E-state index contributed by atoms with van der Waals surface area (Å²) in [5, 5.41) is 12.3. The molecule has 0 fully saturated rings. The molecule has 1 atom stereocenters. The van der Waals surface area contributed by atoms with E-state index < -0.39 is 23.9 Å². The van der Waals surface area contributed by atoms with Crippen LogP contribution in [-0.2, 0) is 11.3 Å². The lowest BCUT2D eigenvalue weighted by atomic mass is 10.1. The lowest BCUT2D eigenvalue weighted by Crippen LogP contribution is -2.41. The maximum Gasteiger partial charge on any atom is 0.407 e. The molecule has 1 aromatic carbocycles. The van der Waals surface area contributed by atoms with Crippen LogP contribution in [0.4, 0.5) is 15.0 Å². The number of fused-ring (bicyclic) bond motifs is 1. The Balaban J connectivity index is 1.70. The van der Waals surface area contributed by atoms with Crippen molar-refractivity contribution in [2.24, 2.45) is 0 Å². The number of rotatable bonds is 5. The van der Waals surface area contributed by atoms with Gasteiger partial charge in [-0.1, -0.05) is 0 Å². The van der Waals surface area contributed by atoms with E-state index in [0.29, 0.717) is 41.0 Å². The first-order valence-corrected chi connectivity index (χ1v) is 11.1. The molecule has 34 heavy (non-hydrogen) atoms. The number of imidazole rings is 1. The average molecular weight is 488 g/mol. The lowest BCUT2D eigenvalue weighted by molar-refractivity contribution is -0.116. The Morgan fingerprint density at radius 3 is 2.56 bits per heavy atom. The topological polar surface area (TPSA) is 134 Å². The minimum Gasteiger partial charge on any atom is -0.465 e. The van der Waals surface area contributed by atoms with Gasteiger partial charge in [-0.05, 0) is 49.6 Å². The third kappa shape index (κ3) is 4.46. The average Bonchev–Trinajstić information content (AvgIpc) is 3.37. The number of nitrogens with one attached hydrogen (secondary N) is 1. The molecule has 4 rings (SSSR count). The maximum absolute atomic E-state index is 13.3. The standard InChI is InChI=1S/C21H22FN7O4S/c1-11-16-17(24-15(30)10-27(3)21(32)33)25-18(19-23-12(2)26-34-19)29(16)9-8-28(11)20(31)13-4-6-14(22)7-5-13/h4-7,11H,8-10H2,1-3H3,(H,24,30)(H,32,33). The fraction of sp³-hybridized carbons (Fsp3) is 0.333. The summed E-state index contributed by atoms with van der Waals surface area (Å²) < 4.78 is 19.4. The quantitative estimate of drug-likeness (QED) is 0.565. The molecule has 0 radical (unpaired) electrons. The number of nitrogens with zero attached hydrogens (tertiary/aromatic N) is 6. The zero-order valence-corrected chi connectivity index (χ0v) is 19.5. The minimum atomic E-state index is -1.24. The van der Waals surface area contributed by atoms with Crippen molar-refractivity contribution in [2.75, 3.05) is 25.5 Å². The van der Waals surface area contributed by atoms with Crippen molar-refractivity contribution in [1.29, 1.82) is 0 Å². The molecule has 0 saturated heterocycles. The highest BCUT2D eigenvalue weighted by atomic mass is 32.1. The number of carbonyl (C=O) groups is 3. The fourth-order valence-electron chi connectivity index (χ4n) is 3.80. The Bertz CT molecular complexity index is 1260. The van der Waals surface area contributed by atoms with Gasteiger partial charge in [-0.2, -0.15) is 4.37 Å². The number of aromatic nitrogens is 4. The second-order valence-corrected chi connectivity index (χ2v) is 8.59. The summed E-state index contributed by atoms with van der Waals surface area (Å²) in [5.41, 5.74) is 0.922. The van der Waals surface area contributed by atoms with E-state index in [9.17, 15) is 18.8 Å².